The van der Waals surface area contributed by atoms with Crippen molar-refractivity contribution in [3.8, 4) is 33.2 Å². The first-order valence-electron chi connectivity index (χ1n) is 9.50. The summed E-state index contributed by atoms with van der Waals surface area (Å²) in [7, 11) is 0. The standard InChI is InChI=1S/C21H20N4O3S/c1-14(26)24-6-8-25(9-7-24)21-22-12-16(20(23-21)19-3-2-10-29-19)15-4-5-17-18(11-15)28-13-27-17/h2-5,10-12H,6-9,13H2,1H3. The number of nitrogens with zero attached hydrogens (tertiary/aromatic N) is 4. The Morgan fingerprint density at radius 3 is 2.69 bits per heavy atom. The van der Waals surface area contributed by atoms with Crippen molar-refractivity contribution in [3.05, 3.63) is 41.9 Å². The minimum atomic E-state index is 0.114. The molecule has 3 aromatic rings. The van der Waals surface area contributed by atoms with Crippen LogP contribution in [0.5, 0.6) is 11.5 Å². The Kier molecular flexibility index (Phi) is 4.55. The second-order valence-electron chi connectivity index (χ2n) is 6.97. The van der Waals surface area contributed by atoms with Crippen molar-refractivity contribution in [1.82, 2.24) is 14.9 Å². The van der Waals surface area contributed by atoms with E-state index in [2.05, 4.69) is 16.0 Å². The quantitative estimate of drug-likeness (QED) is 0.663. The fourth-order valence-corrected chi connectivity index (χ4v) is 4.35. The van der Waals surface area contributed by atoms with Gasteiger partial charge in [0.1, 0.15) is 0 Å². The average molecular weight is 408 g/mol. The van der Waals surface area contributed by atoms with Crippen LogP contribution in [-0.4, -0.2) is 53.7 Å². The molecule has 4 heterocycles. The molecule has 148 valence electrons. The number of amides is 1. The molecular formula is C21H20N4O3S. The van der Waals surface area contributed by atoms with E-state index in [0.717, 1.165) is 46.3 Å². The summed E-state index contributed by atoms with van der Waals surface area (Å²) in [6.45, 7) is 4.70. The van der Waals surface area contributed by atoms with E-state index in [1.165, 1.54) is 0 Å². The summed E-state index contributed by atoms with van der Waals surface area (Å²) in [4.78, 5) is 26.3. The molecule has 1 amide bonds. The normalized spacial score (nSPS) is 15.6. The van der Waals surface area contributed by atoms with Gasteiger partial charge in [0.05, 0.1) is 10.6 Å². The van der Waals surface area contributed by atoms with Gasteiger partial charge in [0, 0.05) is 44.9 Å². The Labute approximate surface area is 172 Å². The summed E-state index contributed by atoms with van der Waals surface area (Å²) in [5.41, 5.74) is 2.85. The minimum Gasteiger partial charge on any atom is -0.454 e. The molecule has 0 radical (unpaired) electrons. The molecule has 2 aromatic heterocycles. The fraction of sp³-hybridized carbons (Fsp3) is 0.286. The van der Waals surface area contributed by atoms with Crippen molar-refractivity contribution in [2.75, 3.05) is 37.9 Å². The molecule has 0 spiro atoms. The number of rotatable bonds is 3. The van der Waals surface area contributed by atoms with E-state index < -0.39 is 0 Å². The third-order valence-corrected chi connectivity index (χ3v) is 6.10. The molecule has 1 fully saturated rings. The summed E-state index contributed by atoms with van der Waals surface area (Å²) in [5.74, 6) is 2.31. The minimum absolute atomic E-state index is 0.114. The number of fused-ring (bicyclic) bond motifs is 1. The molecule has 7 nitrogen and oxygen atoms in total. The molecule has 5 rings (SSSR count). The van der Waals surface area contributed by atoms with Crippen LogP contribution in [-0.2, 0) is 4.79 Å². The van der Waals surface area contributed by atoms with Gasteiger partial charge in [-0.05, 0) is 29.1 Å². The van der Waals surface area contributed by atoms with E-state index in [1.807, 2.05) is 40.7 Å². The van der Waals surface area contributed by atoms with Crippen LogP contribution in [0.2, 0.25) is 0 Å². The zero-order valence-corrected chi connectivity index (χ0v) is 16.8. The predicted octanol–water partition coefficient (Wildman–Crippen LogP) is 3.27. The highest BCUT2D eigenvalue weighted by atomic mass is 32.1. The molecule has 1 saturated heterocycles. The van der Waals surface area contributed by atoms with Gasteiger partial charge in [0.25, 0.3) is 0 Å². The summed E-state index contributed by atoms with van der Waals surface area (Å²) < 4.78 is 11.0. The SMILES string of the molecule is CC(=O)N1CCN(c2ncc(-c3ccc4c(c3)OCO4)c(-c3cccs3)n2)CC1. The molecule has 0 aliphatic carbocycles. The zero-order valence-electron chi connectivity index (χ0n) is 16.0. The lowest BCUT2D eigenvalue weighted by atomic mass is 10.0. The number of piperazine rings is 1. The summed E-state index contributed by atoms with van der Waals surface area (Å²) >= 11 is 1.65. The molecule has 0 atom stereocenters. The van der Waals surface area contributed by atoms with E-state index in [-0.39, 0.29) is 12.7 Å². The van der Waals surface area contributed by atoms with Crippen LogP contribution >= 0.6 is 11.3 Å². The van der Waals surface area contributed by atoms with Crippen LogP contribution in [0, 0.1) is 0 Å². The van der Waals surface area contributed by atoms with Gasteiger partial charge in [-0.25, -0.2) is 9.97 Å². The molecule has 0 saturated carbocycles. The van der Waals surface area contributed by atoms with Crippen molar-refractivity contribution < 1.29 is 14.3 Å². The summed E-state index contributed by atoms with van der Waals surface area (Å²) in [5, 5.41) is 2.05. The topological polar surface area (TPSA) is 67.8 Å². The molecule has 8 heteroatoms. The number of ether oxygens (including phenoxy) is 2. The van der Waals surface area contributed by atoms with E-state index in [4.69, 9.17) is 14.5 Å². The van der Waals surface area contributed by atoms with Crippen LogP contribution in [0.15, 0.2) is 41.9 Å². The maximum Gasteiger partial charge on any atom is 0.231 e. The van der Waals surface area contributed by atoms with Crippen molar-refractivity contribution in [2.24, 2.45) is 0 Å². The predicted molar refractivity (Wildman–Crippen MR) is 111 cm³/mol. The van der Waals surface area contributed by atoms with Crippen LogP contribution in [0.4, 0.5) is 5.95 Å². The molecule has 2 aliphatic heterocycles. The first-order chi connectivity index (χ1) is 14.2. The van der Waals surface area contributed by atoms with Gasteiger partial charge in [0.2, 0.25) is 18.6 Å². The molecule has 29 heavy (non-hydrogen) atoms. The Morgan fingerprint density at radius 1 is 1.10 bits per heavy atom. The Morgan fingerprint density at radius 2 is 1.93 bits per heavy atom. The lowest BCUT2D eigenvalue weighted by Crippen LogP contribution is -2.48. The highest BCUT2D eigenvalue weighted by molar-refractivity contribution is 7.13. The third-order valence-electron chi connectivity index (χ3n) is 5.22. The smallest absolute Gasteiger partial charge is 0.231 e. The van der Waals surface area contributed by atoms with E-state index in [9.17, 15) is 4.79 Å². The monoisotopic (exact) mass is 408 g/mol. The first-order valence-corrected chi connectivity index (χ1v) is 10.4. The molecule has 1 aromatic carbocycles. The van der Waals surface area contributed by atoms with Crippen LogP contribution in [0.3, 0.4) is 0 Å². The van der Waals surface area contributed by atoms with E-state index >= 15 is 0 Å². The molecular weight excluding hydrogens is 388 g/mol. The maximum atomic E-state index is 11.6. The van der Waals surface area contributed by atoms with Gasteiger partial charge in [-0.3, -0.25) is 4.79 Å². The van der Waals surface area contributed by atoms with Crippen LogP contribution < -0.4 is 14.4 Å². The van der Waals surface area contributed by atoms with E-state index in [1.54, 1.807) is 18.3 Å². The lowest BCUT2D eigenvalue weighted by Gasteiger charge is -2.34. The van der Waals surface area contributed by atoms with Crippen molar-refractivity contribution in [3.63, 3.8) is 0 Å². The van der Waals surface area contributed by atoms with Gasteiger partial charge >= 0.3 is 0 Å². The van der Waals surface area contributed by atoms with Gasteiger partial charge in [-0.2, -0.15) is 0 Å². The summed E-state index contributed by atoms with van der Waals surface area (Å²) in [6.07, 6.45) is 1.88. The maximum absolute atomic E-state index is 11.6. The lowest BCUT2D eigenvalue weighted by molar-refractivity contribution is -0.129. The van der Waals surface area contributed by atoms with Gasteiger partial charge in [-0.1, -0.05) is 12.1 Å². The number of aromatic nitrogens is 2. The number of hydrogen-bond donors (Lipinski definition) is 0. The van der Waals surface area contributed by atoms with Crippen LogP contribution in [0.1, 0.15) is 6.92 Å². The average Bonchev–Trinajstić information content (AvgIpc) is 3.45. The number of thiophene rings is 1. The molecule has 0 N–H and O–H groups in total. The zero-order chi connectivity index (χ0) is 19.8. The number of carbonyl (C=O) groups excluding carboxylic acids is 1. The third kappa shape index (κ3) is 3.40. The number of anilines is 1. The Balaban J connectivity index is 1.51. The second-order valence-corrected chi connectivity index (χ2v) is 7.92. The van der Waals surface area contributed by atoms with Crippen molar-refractivity contribution in [1.29, 1.82) is 0 Å². The Bertz CT molecular complexity index is 1050. The van der Waals surface area contributed by atoms with Gasteiger partial charge < -0.3 is 19.3 Å². The van der Waals surface area contributed by atoms with Crippen molar-refractivity contribution in [2.45, 2.75) is 6.92 Å². The fourth-order valence-electron chi connectivity index (χ4n) is 3.62. The van der Waals surface area contributed by atoms with Gasteiger partial charge in [-0.15, -0.1) is 11.3 Å². The Hall–Kier alpha value is -3.13. The summed E-state index contributed by atoms with van der Waals surface area (Å²) in [6, 6.07) is 10.0. The van der Waals surface area contributed by atoms with Crippen molar-refractivity contribution >= 4 is 23.2 Å². The highest BCUT2D eigenvalue weighted by Crippen LogP contribution is 2.39. The largest absolute Gasteiger partial charge is 0.454 e. The second kappa shape index (κ2) is 7.36. The molecule has 2 aliphatic rings. The van der Waals surface area contributed by atoms with Gasteiger partial charge in [0.15, 0.2) is 11.5 Å². The van der Waals surface area contributed by atoms with Crippen LogP contribution in [0.25, 0.3) is 21.7 Å². The molecule has 0 unspecified atom stereocenters. The molecule has 0 bridgehead atoms. The number of carbonyl (C=O) groups is 1. The van der Waals surface area contributed by atoms with E-state index in [0.29, 0.717) is 19.0 Å². The number of benzene rings is 1. The highest BCUT2D eigenvalue weighted by Gasteiger charge is 2.23. The first kappa shape index (κ1) is 17.9. The number of hydrogen-bond acceptors (Lipinski definition) is 7.